The van der Waals surface area contributed by atoms with Crippen molar-refractivity contribution >= 4 is 23.2 Å². The predicted octanol–water partition coefficient (Wildman–Crippen LogP) is 4.80. The molecule has 6 nitrogen and oxygen atoms in total. The second kappa shape index (κ2) is 9.32. The molecule has 0 radical (unpaired) electrons. The van der Waals surface area contributed by atoms with Crippen molar-refractivity contribution in [3.8, 4) is 17.0 Å². The number of phenolic OH excluding ortho intramolecular Hbond substituents is 1. The molecule has 1 fully saturated rings. The summed E-state index contributed by atoms with van der Waals surface area (Å²) in [4.78, 5) is 9.15. The van der Waals surface area contributed by atoms with E-state index in [1.54, 1.807) is 18.3 Å². The van der Waals surface area contributed by atoms with Crippen LogP contribution in [0.25, 0.3) is 11.3 Å². The normalized spacial score (nSPS) is 18.7. The fourth-order valence-corrected chi connectivity index (χ4v) is 3.93. The lowest BCUT2D eigenvalue weighted by molar-refractivity contribution is 0.410. The molecular weight excluding hydrogens is 398 g/mol. The van der Waals surface area contributed by atoms with Gasteiger partial charge in [0.1, 0.15) is 17.4 Å². The van der Waals surface area contributed by atoms with Crippen LogP contribution in [0.3, 0.4) is 0 Å². The highest BCUT2D eigenvalue weighted by Gasteiger charge is 2.19. The number of nitrogens with zero attached hydrogens (tertiary/aromatic N) is 2. The largest absolute Gasteiger partial charge is 0.508 e. The van der Waals surface area contributed by atoms with E-state index < -0.39 is 0 Å². The maximum absolute atomic E-state index is 9.61. The van der Waals surface area contributed by atoms with Gasteiger partial charge in [0.25, 0.3) is 0 Å². The van der Waals surface area contributed by atoms with Gasteiger partial charge in [-0.15, -0.1) is 0 Å². The van der Waals surface area contributed by atoms with Gasteiger partial charge in [-0.3, -0.25) is 0 Å². The molecule has 0 aliphatic heterocycles. The Bertz CT molecular complexity index is 1000. The van der Waals surface area contributed by atoms with Crippen LogP contribution in [0.4, 0.5) is 11.6 Å². The number of hydrogen-bond acceptors (Lipinski definition) is 6. The smallest absolute Gasteiger partial charge is 0.126 e. The van der Waals surface area contributed by atoms with Crippen LogP contribution in [0.15, 0.2) is 54.7 Å². The molecule has 5 N–H and O–H groups in total. The summed E-state index contributed by atoms with van der Waals surface area (Å²) in [7, 11) is 0. The molecule has 1 saturated carbocycles. The molecule has 0 unspecified atom stereocenters. The molecular formula is C23H26ClN5O. The predicted molar refractivity (Wildman–Crippen MR) is 122 cm³/mol. The first kappa shape index (κ1) is 20.4. The zero-order chi connectivity index (χ0) is 20.9. The van der Waals surface area contributed by atoms with Crippen LogP contribution >= 0.6 is 11.6 Å². The molecule has 0 atom stereocenters. The van der Waals surface area contributed by atoms with Gasteiger partial charge >= 0.3 is 0 Å². The monoisotopic (exact) mass is 423 g/mol. The Labute approximate surface area is 181 Å². The summed E-state index contributed by atoms with van der Waals surface area (Å²) in [6.45, 7) is 0.561. The topological polar surface area (TPSA) is 96.1 Å². The second-order valence-corrected chi connectivity index (χ2v) is 8.14. The minimum absolute atomic E-state index is 0.250. The Morgan fingerprint density at radius 1 is 1.03 bits per heavy atom. The third kappa shape index (κ3) is 5.20. The minimum atomic E-state index is 0.250. The summed E-state index contributed by atoms with van der Waals surface area (Å²) in [5, 5.41) is 17.0. The number of aromatic nitrogens is 2. The number of aromatic hydroxyl groups is 1. The van der Waals surface area contributed by atoms with Gasteiger partial charge in [0.15, 0.2) is 0 Å². The number of anilines is 2. The first-order valence-electron chi connectivity index (χ1n) is 10.2. The number of nitrogens with two attached hydrogens (primary N) is 1. The lowest BCUT2D eigenvalue weighted by Gasteiger charge is -2.27. The Hall–Kier alpha value is -2.83. The molecule has 0 saturated heterocycles. The fraction of sp³-hybridized carbons (Fsp3) is 0.304. The number of nitrogens with one attached hydrogen (secondary N) is 2. The van der Waals surface area contributed by atoms with E-state index >= 15 is 0 Å². The molecule has 2 aromatic heterocycles. The van der Waals surface area contributed by atoms with Crippen molar-refractivity contribution in [1.82, 2.24) is 9.97 Å². The van der Waals surface area contributed by atoms with Crippen LogP contribution in [0.5, 0.6) is 5.75 Å². The summed E-state index contributed by atoms with van der Waals surface area (Å²) in [6.07, 6.45) is 5.84. The van der Waals surface area contributed by atoms with Crippen molar-refractivity contribution in [3.63, 3.8) is 0 Å². The number of benzene rings is 1. The number of hydrogen-bond donors (Lipinski definition) is 4. The molecule has 30 heavy (non-hydrogen) atoms. The molecule has 7 heteroatoms. The maximum Gasteiger partial charge on any atom is 0.126 e. The average Bonchev–Trinajstić information content (AvgIpc) is 2.75. The third-order valence-corrected chi connectivity index (χ3v) is 5.69. The van der Waals surface area contributed by atoms with Gasteiger partial charge in [-0.1, -0.05) is 29.8 Å². The lowest BCUT2D eigenvalue weighted by Crippen LogP contribution is -2.33. The first-order valence-corrected chi connectivity index (χ1v) is 10.6. The minimum Gasteiger partial charge on any atom is -0.508 e. The van der Waals surface area contributed by atoms with Gasteiger partial charge < -0.3 is 21.5 Å². The van der Waals surface area contributed by atoms with E-state index in [9.17, 15) is 5.11 Å². The first-order chi connectivity index (χ1) is 14.6. The summed E-state index contributed by atoms with van der Waals surface area (Å²) in [5.74, 6) is 1.79. The van der Waals surface area contributed by atoms with E-state index in [-0.39, 0.29) is 5.75 Å². The average molecular weight is 424 g/mol. The Kier molecular flexibility index (Phi) is 6.35. The van der Waals surface area contributed by atoms with Crippen molar-refractivity contribution in [2.24, 2.45) is 5.73 Å². The molecule has 0 bridgehead atoms. The number of rotatable bonds is 6. The van der Waals surface area contributed by atoms with Crippen LogP contribution < -0.4 is 16.4 Å². The van der Waals surface area contributed by atoms with Crippen molar-refractivity contribution < 1.29 is 5.11 Å². The van der Waals surface area contributed by atoms with Crippen LogP contribution in [0, 0.1) is 0 Å². The molecule has 0 amide bonds. The van der Waals surface area contributed by atoms with Gasteiger partial charge in [-0.05, 0) is 61.6 Å². The zero-order valence-corrected chi connectivity index (χ0v) is 17.4. The van der Waals surface area contributed by atoms with E-state index in [4.69, 9.17) is 22.3 Å². The highest BCUT2D eigenvalue weighted by atomic mass is 35.5. The maximum atomic E-state index is 9.61. The molecule has 1 aliphatic carbocycles. The van der Waals surface area contributed by atoms with Gasteiger partial charge in [-0.25, -0.2) is 9.97 Å². The summed E-state index contributed by atoms with van der Waals surface area (Å²) in [6, 6.07) is 15.6. The SMILES string of the molecule is N[C@H]1CC[C@H](Nc2cc(-c3cccc(NCc4cccc(O)c4)n3)c(Cl)cn2)CC1. The van der Waals surface area contributed by atoms with Crippen LogP contribution in [-0.2, 0) is 6.54 Å². The van der Waals surface area contributed by atoms with Crippen molar-refractivity contribution in [2.75, 3.05) is 10.6 Å². The fourth-order valence-electron chi connectivity index (χ4n) is 3.73. The van der Waals surface area contributed by atoms with E-state index in [2.05, 4.69) is 15.6 Å². The quantitative estimate of drug-likeness (QED) is 0.455. The van der Waals surface area contributed by atoms with Crippen LogP contribution in [0.2, 0.25) is 5.02 Å². The Morgan fingerprint density at radius 2 is 1.83 bits per heavy atom. The molecule has 0 spiro atoms. The number of halogens is 1. The van der Waals surface area contributed by atoms with Gasteiger partial charge in [-0.2, -0.15) is 0 Å². The van der Waals surface area contributed by atoms with Gasteiger partial charge in [0.05, 0.1) is 10.7 Å². The van der Waals surface area contributed by atoms with Gasteiger partial charge in [0, 0.05) is 30.4 Å². The molecule has 1 aromatic carbocycles. The lowest BCUT2D eigenvalue weighted by atomic mass is 9.92. The van der Waals surface area contributed by atoms with Crippen LogP contribution in [-0.4, -0.2) is 27.2 Å². The zero-order valence-electron chi connectivity index (χ0n) is 16.7. The van der Waals surface area contributed by atoms with Crippen molar-refractivity contribution in [1.29, 1.82) is 0 Å². The Morgan fingerprint density at radius 3 is 2.63 bits per heavy atom. The highest BCUT2D eigenvalue weighted by molar-refractivity contribution is 6.33. The third-order valence-electron chi connectivity index (χ3n) is 5.39. The number of phenols is 1. The number of pyridine rings is 2. The van der Waals surface area contributed by atoms with E-state index in [0.717, 1.165) is 54.1 Å². The Balaban J connectivity index is 1.48. The molecule has 1 aliphatic rings. The summed E-state index contributed by atoms with van der Waals surface area (Å²) < 4.78 is 0. The van der Waals surface area contributed by atoms with Crippen molar-refractivity contribution in [3.05, 3.63) is 65.3 Å². The standard InChI is InChI=1S/C23H26ClN5O/c24-20-14-27-23(28-17-9-7-16(25)8-10-17)12-19(20)21-5-2-6-22(29-21)26-13-15-3-1-4-18(30)11-15/h1-6,11-12,14,16-17,30H,7-10,13,25H2,(H,26,29)(H,27,28)/t16-,17-. The van der Waals surface area contributed by atoms with Gasteiger partial charge in [0.2, 0.25) is 0 Å². The highest BCUT2D eigenvalue weighted by Crippen LogP contribution is 2.30. The summed E-state index contributed by atoms with van der Waals surface area (Å²) >= 11 is 6.44. The van der Waals surface area contributed by atoms with E-state index in [0.29, 0.717) is 23.7 Å². The molecule has 4 rings (SSSR count). The molecule has 2 heterocycles. The second-order valence-electron chi connectivity index (χ2n) is 7.74. The van der Waals surface area contributed by atoms with Crippen LogP contribution in [0.1, 0.15) is 31.2 Å². The summed E-state index contributed by atoms with van der Waals surface area (Å²) in [5.41, 5.74) is 8.59. The molecule has 3 aromatic rings. The van der Waals surface area contributed by atoms with Crippen molar-refractivity contribution in [2.45, 2.75) is 44.3 Å². The van der Waals surface area contributed by atoms with E-state index in [1.807, 2.05) is 36.4 Å². The van der Waals surface area contributed by atoms with E-state index in [1.165, 1.54) is 0 Å². The molecule has 156 valence electrons.